The number of nitrogens with zero attached hydrogens (tertiary/aromatic N) is 1. The van der Waals surface area contributed by atoms with Gasteiger partial charge < -0.3 is 9.53 Å². The third kappa shape index (κ3) is 7.35. The van der Waals surface area contributed by atoms with Crippen LogP contribution in [0.3, 0.4) is 0 Å². The molecule has 0 saturated carbocycles. The molecule has 1 aromatic rings. The number of likely N-dealkylation sites (tertiary alicyclic amines) is 1. The first-order valence-electron chi connectivity index (χ1n) is 9.32. The predicted molar refractivity (Wildman–Crippen MR) is 94.4 cm³/mol. The van der Waals surface area contributed by atoms with Crippen molar-refractivity contribution in [3.8, 4) is 5.75 Å². The second-order valence-corrected chi connectivity index (χ2v) is 6.86. The van der Waals surface area contributed by atoms with Gasteiger partial charge in [-0.25, -0.2) is 0 Å². The minimum absolute atomic E-state index is 0.0855. The van der Waals surface area contributed by atoms with E-state index in [2.05, 4.69) is 5.32 Å². The molecule has 9 heteroatoms. The highest BCUT2D eigenvalue weighted by Gasteiger charge is 2.33. The van der Waals surface area contributed by atoms with Crippen LogP contribution in [0.4, 0.5) is 22.0 Å². The van der Waals surface area contributed by atoms with Crippen LogP contribution in [0.25, 0.3) is 0 Å². The molecule has 1 aromatic carbocycles. The second-order valence-electron chi connectivity index (χ2n) is 6.86. The highest BCUT2D eigenvalue weighted by molar-refractivity contribution is 5.57. The highest BCUT2D eigenvalue weighted by atomic mass is 19.4. The number of benzene rings is 1. The number of nitrogens with one attached hydrogen (secondary N) is 1. The summed E-state index contributed by atoms with van der Waals surface area (Å²) in [5.41, 5.74) is -0.323. The zero-order chi connectivity index (χ0) is 20.6. The number of piperidine rings is 1. The molecule has 0 radical (unpaired) electrons. The maximum atomic E-state index is 14.5. The molecule has 1 aliphatic heterocycles. The van der Waals surface area contributed by atoms with E-state index in [1.165, 1.54) is 18.2 Å². The standard InChI is InChI=1S/C19H25F5N2O2/c20-18(21,14-25-17(13-27)26-9-2-1-3-10-26)15-6-4-7-16(12-15)28-11-5-8-19(22,23)24/h4,6-7,12-13,17,25H,1-3,5,8-11,14H2. The van der Waals surface area contributed by atoms with Gasteiger partial charge in [0, 0.05) is 25.1 Å². The molecule has 1 fully saturated rings. The summed E-state index contributed by atoms with van der Waals surface area (Å²) in [6.07, 6.45) is -2.73. The fraction of sp³-hybridized carbons (Fsp3) is 0.632. The van der Waals surface area contributed by atoms with Gasteiger partial charge in [-0.15, -0.1) is 0 Å². The number of hydrogen-bond acceptors (Lipinski definition) is 4. The SMILES string of the molecule is O=CC(NCC(F)(F)c1cccc(OCCCC(F)(F)F)c1)N1CCCCC1. The van der Waals surface area contributed by atoms with Crippen molar-refractivity contribution in [2.24, 2.45) is 0 Å². The summed E-state index contributed by atoms with van der Waals surface area (Å²) in [7, 11) is 0. The smallest absolute Gasteiger partial charge is 0.389 e. The fourth-order valence-corrected chi connectivity index (χ4v) is 3.07. The Morgan fingerprint density at radius 3 is 2.50 bits per heavy atom. The molecule has 0 bridgehead atoms. The lowest BCUT2D eigenvalue weighted by Crippen LogP contribution is -2.51. The second kappa shape index (κ2) is 10.2. The molecule has 1 heterocycles. The van der Waals surface area contributed by atoms with Crippen molar-refractivity contribution in [3.05, 3.63) is 29.8 Å². The van der Waals surface area contributed by atoms with Gasteiger partial charge in [0.15, 0.2) is 6.29 Å². The van der Waals surface area contributed by atoms with Crippen molar-refractivity contribution in [2.75, 3.05) is 26.2 Å². The monoisotopic (exact) mass is 408 g/mol. The van der Waals surface area contributed by atoms with Gasteiger partial charge in [-0.3, -0.25) is 10.2 Å². The van der Waals surface area contributed by atoms with Gasteiger partial charge in [0.1, 0.15) is 11.9 Å². The summed E-state index contributed by atoms with van der Waals surface area (Å²) >= 11 is 0. The molecule has 1 unspecified atom stereocenters. The number of rotatable bonds is 10. The molecule has 0 aromatic heterocycles. The van der Waals surface area contributed by atoms with E-state index in [0.29, 0.717) is 19.4 Å². The molecular weight excluding hydrogens is 383 g/mol. The number of halogens is 5. The average molecular weight is 408 g/mol. The number of aldehydes is 1. The van der Waals surface area contributed by atoms with Gasteiger partial charge in [-0.05, 0) is 31.4 Å². The van der Waals surface area contributed by atoms with E-state index in [0.717, 1.165) is 25.3 Å². The zero-order valence-electron chi connectivity index (χ0n) is 15.5. The van der Waals surface area contributed by atoms with Gasteiger partial charge in [-0.2, -0.15) is 22.0 Å². The lowest BCUT2D eigenvalue weighted by atomic mass is 10.1. The molecule has 0 amide bonds. The minimum atomic E-state index is -4.27. The number of carbonyl (C=O) groups excluding carboxylic acids is 1. The fourth-order valence-electron chi connectivity index (χ4n) is 3.07. The Balaban J connectivity index is 1.90. The predicted octanol–water partition coefficient (Wildman–Crippen LogP) is 4.10. The normalized spacial score (nSPS) is 17.3. The van der Waals surface area contributed by atoms with E-state index in [-0.39, 0.29) is 24.3 Å². The summed E-state index contributed by atoms with van der Waals surface area (Å²) in [5, 5.41) is 2.61. The first-order valence-corrected chi connectivity index (χ1v) is 9.32. The van der Waals surface area contributed by atoms with Gasteiger partial charge in [0.25, 0.3) is 5.92 Å². The van der Waals surface area contributed by atoms with Crippen LogP contribution in [-0.4, -0.2) is 49.8 Å². The maximum absolute atomic E-state index is 14.5. The molecule has 0 aliphatic carbocycles. The highest BCUT2D eigenvalue weighted by Crippen LogP contribution is 2.30. The van der Waals surface area contributed by atoms with E-state index in [4.69, 9.17) is 4.74 Å². The van der Waals surface area contributed by atoms with Crippen LogP contribution in [0.5, 0.6) is 5.75 Å². The third-order valence-electron chi connectivity index (χ3n) is 4.58. The Morgan fingerprint density at radius 1 is 1.14 bits per heavy atom. The molecule has 4 nitrogen and oxygen atoms in total. The van der Waals surface area contributed by atoms with Crippen molar-refractivity contribution in [2.45, 2.75) is 50.4 Å². The largest absolute Gasteiger partial charge is 0.494 e. The van der Waals surface area contributed by atoms with Crippen LogP contribution in [0, 0.1) is 0 Å². The Bertz CT molecular complexity index is 619. The zero-order valence-corrected chi connectivity index (χ0v) is 15.5. The van der Waals surface area contributed by atoms with E-state index < -0.39 is 31.2 Å². The van der Waals surface area contributed by atoms with E-state index >= 15 is 0 Å². The first kappa shape index (κ1) is 22.5. The quantitative estimate of drug-likeness (QED) is 0.360. The van der Waals surface area contributed by atoms with Gasteiger partial charge in [-0.1, -0.05) is 18.6 Å². The van der Waals surface area contributed by atoms with Crippen molar-refractivity contribution in [1.82, 2.24) is 10.2 Å². The maximum Gasteiger partial charge on any atom is 0.389 e. The molecule has 1 atom stereocenters. The average Bonchev–Trinajstić information content (AvgIpc) is 2.66. The first-order chi connectivity index (χ1) is 13.2. The van der Waals surface area contributed by atoms with Crippen LogP contribution in [0.1, 0.15) is 37.7 Å². The number of carbonyl (C=O) groups is 1. The summed E-state index contributed by atoms with van der Waals surface area (Å²) in [5.74, 6) is -3.18. The summed E-state index contributed by atoms with van der Waals surface area (Å²) in [6.45, 7) is 0.422. The molecule has 1 aliphatic rings. The van der Waals surface area contributed by atoms with Crippen molar-refractivity contribution < 1.29 is 31.5 Å². The van der Waals surface area contributed by atoms with E-state index in [9.17, 15) is 26.7 Å². The van der Waals surface area contributed by atoms with Gasteiger partial charge in [0.05, 0.1) is 13.2 Å². The van der Waals surface area contributed by atoms with Crippen molar-refractivity contribution in [1.29, 1.82) is 0 Å². The third-order valence-corrected chi connectivity index (χ3v) is 4.58. The Morgan fingerprint density at radius 2 is 1.86 bits per heavy atom. The summed E-state index contributed by atoms with van der Waals surface area (Å²) in [4.78, 5) is 13.1. The Hall–Kier alpha value is -1.74. The topological polar surface area (TPSA) is 41.6 Å². The van der Waals surface area contributed by atoms with Gasteiger partial charge >= 0.3 is 6.18 Å². The van der Waals surface area contributed by atoms with Gasteiger partial charge in [0.2, 0.25) is 0 Å². The molecular formula is C19H25F5N2O2. The van der Waals surface area contributed by atoms with Crippen LogP contribution in [-0.2, 0) is 10.7 Å². The summed E-state index contributed by atoms with van der Waals surface area (Å²) < 4.78 is 70.6. The lowest BCUT2D eigenvalue weighted by molar-refractivity contribution is -0.136. The van der Waals surface area contributed by atoms with Crippen LogP contribution in [0.15, 0.2) is 24.3 Å². The van der Waals surface area contributed by atoms with Crippen molar-refractivity contribution >= 4 is 6.29 Å². The molecule has 2 rings (SSSR count). The molecule has 1 N–H and O–H groups in total. The number of ether oxygens (including phenoxy) is 1. The molecule has 0 spiro atoms. The molecule has 28 heavy (non-hydrogen) atoms. The van der Waals surface area contributed by atoms with Crippen molar-refractivity contribution in [3.63, 3.8) is 0 Å². The van der Waals surface area contributed by atoms with Crippen LogP contribution in [0.2, 0.25) is 0 Å². The van der Waals surface area contributed by atoms with E-state index in [1.54, 1.807) is 0 Å². The molecule has 158 valence electrons. The Kier molecular flexibility index (Phi) is 8.18. The Labute approximate surface area is 161 Å². The van der Waals surface area contributed by atoms with Crippen LogP contribution >= 0.6 is 0 Å². The van der Waals surface area contributed by atoms with Crippen LogP contribution < -0.4 is 10.1 Å². The number of alkyl halides is 5. The van der Waals surface area contributed by atoms with E-state index in [1.807, 2.05) is 4.90 Å². The number of hydrogen-bond donors (Lipinski definition) is 1. The molecule has 1 saturated heterocycles. The summed E-state index contributed by atoms with van der Waals surface area (Å²) in [6, 6.07) is 5.12. The minimum Gasteiger partial charge on any atom is -0.494 e. The lowest BCUT2D eigenvalue weighted by Gasteiger charge is -2.32.